The number of carbonyl (C=O) groups is 1. The van der Waals surface area contributed by atoms with Crippen LogP contribution in [0, 0.1) is 0 Å². The lowest BCUT2D eigenvalue weighted by Gasteiger charge is -2.30. The van der Waals surface area contributed by atoms with Crippen LogP contribution in [-0.2, 0) is 4.79 Å². The molecule has 1 amide bonds. The second-order valence-electron chi connectivity index (χ2n) is 5.83. The molecule has 24 heavy (non-hydrogen) atoms. The molecule has 1 aliphatic heterocycles. The minimum atomic E-state index is 0.0130. The first-order chi connectivity index (χ1) is 11.7. The van der Waals surface area contributed by atoms with Crippen LogP contribution in [0.3, 0.4) is 0 Å². The Bertz CT molecular complexity index is 731. The average Bonchev–Trinajstić information content (AvgIpc) is 3.06. The quantitative estimate of drug-likeness (QED) is 0.873. The SMILES string of the molecule is COc1ccccc1C=CC(=O)N1CCC(c2cc(N)on2)CC1. The van der Waals surface area contributed by atoms with Gasteiger partial charge in [-0.15, -0.1) is 0 Å². The number of hydrogen-bond donors (Lipinski definition) is 1. The number of piperidine rings is 1. The van der Waals surface area contributed by atoms with Gasteiger partial charge in [-0.05, 0) is 25.0 Å². The van der Waals surface area contributed by atoms with Gasteiger partial charge in [0.1, 0.15) is 5.75 Å². The van der Waals surface area contributed by atoms with Gasteiger partial charge in [0, 0.05) is 36.7 Å². The topological polar surface area (TPSA) is 81.6 Å². The largest absolute Gasteiger partial charge is 0.496 e. The molecular weight excluding hydrogens is 306 g/mol. The Morgan fingerprint density at radius 2 is 2.12 bits per heavy atom. The predicted octanol–water partition coefficient (Wildman–Crippen LogP) is 2.68. The van der Waals surface area contributed by atoms with E-state index in [0.29, 0.717) is 24.9 Å². The molecule has 1 saturated heterocycles. The summed E-state index contributed by atoms with van der Waals surface area (Å²) in [4.78, 5) is 14.2. The van der Waals surface area contributed by atoms with Crippen LogP contribution >= 0.6 is 0 Å². The summed E-state index contributed by atoms with van der Waals surface area (Å²) in [6.07, 6.45) is 5.12. The Labute approximate surface area is 140 Å². The van der Waals surface area contributed by atoms with E-state index in [4.69, 9.17) is 15.0 Å². The fraction of sp³-hybridized carbons (Fsp3) is 0.333. The van der Waals surface area contributed by atoms with Crippen LogP contribution in [0.2, 0.25) is 0 Å². The van der Waals surface area contributed by atoms with Gasteiger partial charge in [-0.3, -0.25) is 4.79 Å². The number of nitrogens with zero attached hydrogens (tertiary/aromatic N) is 2. The highest BCUT2D eigenvalue weighted by Gasteiger charge is 2.24. The molecule has 0 aliphatic carbocycles. The van der Waals surface area contributed by atoms with Crippen molar-refractivity contribution in [3.8, 4) is 5.75 Å². The normalized spacial score (nSPS) is 15.8. The van der Waals surface area contributed by atoms with E-state index >= 15 is 0 Å². The fourth-order valence-electron chi connectivity index (χ4n) is 2.96. The van der Waals surface area contributed by atoms with E-state index in [1.165, 1.54) is 0 Å². The summed E-state index contributed by atoms with van der Waals surface area (Å²) in [5, 5.41) is 3.97. The van der Waals surface area contributed by atoms with Gasteiger partial charge in [-0.2, -0.15) is 0 Å². The zero-order valence-electron chi connectivity index (χ0n) is 13.6. The van der Waals surface area contributed by atoms with Gasteiger partial charge < -0.3 is 19.9 Å². The highest BCUT2D eigenvalue weighted by Crippen LogP contribution is 2.28. The number of amides is 1. The van der Waals surface area contributed by atoms with Crippen molar-refractivity contribution >= 4 is 17.9 Å². The van der Waals surface area contributed by atoms with Crippen molar-refractivity contribution in [2.24, 2.45) is 0 Å². The number of para-hydroxylation sites is 1. The van der Waals surface area contributed by atoms with Crippen molar-refractivity contribution in [3.63, 3.8) is 0 Å². The average molecular weight is 327 g/mol. The van der Waals surface area contributed by atoms with Crippen LogP contribution in [0.25, 0.3) is 6.08 Å². The van der Waals surface area contributed by atoms with Crippen LogP contribution in [-0.4, -0.2) is 36.2 Å². The molecule has 0 unspecified atom stereocenters. The molecule has 0 atom stereocenters. The smallest absolute Gasteiger partial charge is 0.246 e. The third-order valence-corrected chi connectivity index (χ3v) is 4.32. The number of ether oxygens (including phenoxy) is 1. The Balaban J connectivity index is 1.58. The Hall–Kier alpha value is -2.76. The lowest BCUT2D eigenvalue weighted by molar-refractivity contribution is -0.126. The summed E-state index contributed by atoms with van der Waals surface area (Å²) < 4.78 is 10.2. The van der Waals surface area contributed by atoms with E-state index in [-0.39, 0.29) is 5.91 Å². The van der Waals surface area contributed by atoms with Crippen LogP contribution in [0.15, 0.2) is 40.9 Å². The van der Waals surface area contributed by atoms with E-state index in [1.54, 1.807) is 25.3 Å². The number of aromatic nitrogens is 1. The molecule has 3 rings (SSSR count). The number of likely N-dealkylation sites (tertiary alicyclic amines) is 1. The van der Waals surface area contributed by atoms with Gasteiger partial charge >= 0.3 is 0 Å². The van der Waals surface area contributed by atoms with Gasteiger partial charge in [0.15, 0.2) is 0 Å². The third kappa shape index (κ3) is 3.59. The van der Waals surface area contributed by atoms with Crippen LogP contribution < -0.4 is 10.5 Å². The number of nitrogens with two attached hydrogens (primary N) is 1. The summed E-state index contributed by atoms with van der Waals surface area (Å²) in [7, 11) is 1.62. The lowest BCUT2D eigenvalue weighted by atomic mass is 9.93. The first kappa shape index (κ1) is 16.1. The van der Waals surface area contributed by atoms with Crippen molar-refractivity contribution in [2.45, 2.75) is 18.8 Å². The summed E-state index contributed by atoms with van der Waals surface area (Å²) in [5.74, 6) is 1.40. The summed E-state index contributed by atoms with van der Waals surface area (Å²) in [5.41, 5.74) is 7.34. The number of nitrogen functional groups attached to an aromatic ring is 1. The standard InChI is InChI=1S/C18H21N3O3/c1-23-16-5-3-2-4-14(16)6-7-18(22)21-10-8-13(9-11-21)15-12-17(19)24-20-15/h2-7,12-13H,8-11,19H2,1H3. The number of benzene rings is 1. The first-order valence-corrected chi connectivity index (χ1v) is 7.99. The van der Waals surface area contributed by atoms with Crippen molar-refractivity contribution in [2.75, 3.05) is 25.9 Å². The third-order valence-electron chi connectivity index (χ3n) is 4.32. The molecule has 1 aromatic carbocycles. The van der Waals surface area contributed by atoms with Gasteiger partial charge in [-0.1, -0.05) is 23.4 Å². The monoisotopic (exact) mass is 327 g/mol. The van der Waals surface area contributed by atoms with E-state index < -0.39 is 0 Å². The fourth-order valence-corrected chi connectivity index (χ4v) is 2.96. The highest BCUT2D eigenvalue weighted by molar-refractivity contribution is 5.92. The van der Waals surface area contributed by atoms with Gasteiger partial charge in [0.25, 0.3) is 0 Å². The highest BCUT2D eigenvalue weighted by atomic mass is 16.5. The molecule has 0 radical (unpaired) electrons. The van der Waals surface area contributed by atoms with Gasteiger partial charge in [-0.25, -0.2) is 0 Å². The zero-order valence-corrected chi connectivity index (χ0v) is 13.6. The summed E-state index contributed by atoms with van der Waals surface area (Å²) in [6.45, 7) is 1.40. The molecule has 0 spiro atoms. The molecule has 2 aromatic rings. The second-order valence-corrected chi connectivity index (χ2v) is 5.83. The van der Waals surface area contributed by atoms with Crippen molar-refractivity contribution < 1.29 is 14.1 Å². The summed E-state index contributed by atoms with van der Waals surface area (Å²) >= 11 is 0. The van der Waals surface area contributed by atoms with Crippen LogP contribution in [0.1, 0.15) is 30.0 Å². The van der Waals surface area contributed by atoms with E-state index in [9.17, 15) is 4.79 Å². The molecule has 1 aromatic heterocycles. The molecule has 2 N–H and O–H groups in total. The number of carbonyl (C=O) groups excluding carboxylic acids is 1. The van der Waals surface area contributed by atoms with Crippen molar-refractivity contribution in [1.29, 1.82) is 0 Å². The zero-order chi connectivity index (χ0) is 16.9. The van der Waals surface area contributed by atoms with Crippen LogP contribution in [0.5, 0.6) is 5.75 Å². The Kier molecular flexibility index (Phi) is 4.84. The maximum atomic E-state index is 12.4. The Morgan fingerprint density at radius 3 is 2.79 bits per heavy atom. The van der Waals surface area contributed by atoms with Crippen LogP contribution in [0.4, 0.5) is 5.88 Å². The van der Waals surface area contributed by atoms with E-state index in [2.05, 4.69) is 5.16 Å². The number of hydrogen-bond acceptors (Lipinski definition) is 5. The minimum Gasteiger partial charge on any atom is -0.496 e. The van der Waals surface area contributed by atoms with E-state index in [0.717, 1.165) is 29.8 Å². The second kappa shape index (κ2) is 7.21. The number of methoxy groups -OCH3 is 1. The molecule has 126 valence electrons. The van der Waals surface area contributed by atoms with E-state index in [1.807, 2.05) is 29.2 Å². The summed E-state index contributed by atoms with van der Waals surface area (Å²) in [6, 6.07) is 9.38. The molecule has 6 nitrogen and oxygen atoms in total. The molecule has 1 fully saturated rings. The van der Waals surface area contributed by atoms with Crippen molar-refractivity contribution in [1.82, 2.24) is 10.1 Å². The lowest BCUT2D eigenvalue weighted by Crippen LogP contribution is -2.36. The van der Waals surface area contributed by atoms with Gasteiger partial charge in [0.2, 0.25) is 11.8 Å². The molecule has 6 heteroatoms. The minimum absolute atomic E-state index is 0.0130. The Morgan fingerprint density at radius 1 is 1.38 bits per heavy atom. The molecule has 2 heterocycles. The number of rotatable bonds is 4. The molecule has 1 aliphatic rings. The maximum absolute atomic E-state index is 12.4. The first-order valence-electron chi connectivity index (χ1n) is 7.99. The van der Waals surface area contributed by atoms with Gasteiger partial charge in [0.05, 0.1) is 12.8 Å². The maximum Gasteiger partial charge on any atom is 0.246 e. The number of anilines is 1. The predicted molar refractivity (Wildman–Crippen MR) is 91.5 cm³/mol. The molecular formula is C18H21N3O3. The molecule has 0 bridgehead atoms. The molecule has 0 saturated carbocycles. The van der Waals surface area contributed by atoms with Crippen molar-refractivity contribution in [3.05, 3.63) is 47.7 Å².